The number of phenols is 2. The fourth-order valence-corrected chi connectivity index (χ4v) is 4.29. The number of rotatable bonds is 11. The fourth-order valence-electron chi connectivity index (χ4n) is 4.29. The number of nitrogens with one attached hydrogen (secondary N) is 2. The average Bonchev–Trinajstić information content (AvgIpc) is 2.84. The summed E-state index contributed by atoms with van der Waals surface area (Å²) < 4.78 is 5.45. The van der Waals surface area contributed by atoms with Crippen LogP contribution < -0.4 is 10.6 Å². The van der Waals surface area contributed by atoms with E-state index in [9.17, 15) is 24.6 Å². The zero-order valence-corrected chi connectivity index (χ0v) is 24.8. The highest BCUT2D eigenvalue weighted by molar-refractivity contribution is 5.92. The number of benzene rings is 2. The predicted molar refractivity (Wildman–Crippen MR) is 155 cm³/mol. The van der Waals surface area contributed by atoms with Crippen LogP contribution in [0.1, 0.15) is 84.9 Å². The largest absolute Gasteiger partial charge is 0.508 e. The monoisotopic (exact) mass is 555 g/mol. The van der Waals surface area contributed by atoms with E-state index in [1.165, 1.54) is 29.2 Å². The molecule has 4 N–H and O–H groups in total. The maximum absolute atomic E-state index is 14.4. The van der Waals surface area contributed by atoms with Crippen molar-refractivity contribution in [2.75, 3.05) is 6.54 Å². The van der Waals surface area contributed by atoms with Crippen LogP contribution in [0.4, 0.5) is 4.79 Å². The zero-order valence-electron chi connectivity index (χ0n) is 24.8. The molecule has 2 rings (SSSR count). The standard InChI is InChI=1S/C31H45N3O6/c1-8-9-10-19-32-27(37)26(22-13-17-24(36)18-14-22)34(30(2,3)4)28(38)25(33-29(39)40-31(5,6)7)20-21-11-15-23(35)16-12-21/h11-18,25-26,35-36H,8-10,19-20H2,1-7H3,(H,32,37)(H,33,39). The van der Waals surface area contributed by atoms with Crippen LogP contribution in [0.3, 0.4) is 0 Å². The number of ether oxygens (including phenoxy) is 1. The molecule has 0 saturated carbocycles. The van der Waals surface area contributed by atoms with Crippen LogP contribution in [-0.4, -0.2) is 56.7 Å². The van der Waals surface area contributed by atoms with E-state index in [0.29, 0.717) is 17.7 Å². The first kappa shape index (κ1) is 32.5. The van der Waals surface area contributed by atoms with Crippen molar-refractivity contribution in [3.63, 3.8) is 0 Å². The molecular weight excluding hydrogens is 510 g/mol. The van der Waals surface area contributed by atoms with Crippen LogP contribution in [0.15, 0.2) is 48.5 Å². The van der Waals surface area contributed by atoms with Gasteiger partial charge < -0.3 is 30.5 Å². The van der Waals surface area contributed by atoms with E-state index in [2.05, 4.69) is 17.6 Å². The van der Waals surface area contributed by atoms with Gasteiger partial charge in [0.1, 0.15) is 29.2 Å². The Morgan fingerprint density at radius 3 is 1.93 bits per heavy atom. The molecule has 9 nitrogen and oxygen atoms in total. The van der Waals surface area contributed by atoms with E-state index in [0.717, 1.165) is 19.3 Å². The number of nitrogens with zero attached hydrogens (tertiary/aromatic N) is 1. The van der Waals surface area contributed by atoms with Gasteiger partial charge in [0.15, 0.2) is 0 Å². The van der Waals surface area contributed by atoms with Crippen LogP contribution in [0, 0.1) is 0 Å². The maximum Gasteiger partial charge on any atom is 0.408 e. The molecule has 3 amide bonds. The summed E-state index contributed by atoms with van der Waals surface area (Å²) in [5.41, 5.74) is -0.406. The Morgan fingerprint density at radius 1 is 0.875 bits per heavy atom. The SMILES string of the molecule is CCCCCNC(=O)C(c1ccc(O)cc1)N(C(=O)C(Cc1ccc(O)cc1)NC(=O)OC(C)(C)C)C(C)(C)C. The van der Waals surface area contributed by atoms with Gasteiger partial charge in [-0.3, -0.25) is 9.59 Å². The molecule has 0 spiro atoms. The third kappa shape index (κ3) is 10.1. The molecule has 0 heterocycles. The number of hydrogen-bond donors (Lipinski definition) is 4. The molecule has 2 atom stereocenters. The highest BCUT2D eigenvalue weighted by atomic mass is 16.6. The van der Waals surface area contributed by atoms with Gasteiger partial charge in [-0.1, -0.05) is 44.0 Å². The minimum atomic E-state index is -1.08. The number of unbranched alkanes of at least 4 members (excludes halogenated alkanes) is 2. The molecule has 40 heavy (non-hydrogen) atoms. The summed E-state index contributed by atoms with van der Waals surface area (Å²) in [6.07, 6.45) is 2.10. The Kier molecular flexibility index (Phi) is 11.4. The van der Waals surface area contributed by atoms with Gasteiger partial charge in [0.05, 0.1) is 0 Å². The molecule has 220 valence electrons. The summed E-state index contributed by atoms with van der Waals surface area (Å²) in [5, 5.41) is 25.3. The first-order valence-corrected chi connectivity index (χ1v) is 13.8. The topological polar surface area (TPSA) is 128 Å². The zero-order chi connectivity index (χ0) is 30.1. The highest BCUT2D eigenvalue weighted by Crippen LogP contribution is 2.31. The van der Waals surface area contributed by atoms with Crippen LogP contribution >= 0.6 is 0 Å². The highest BCUT2D eigenvalue weighted by Gasteiger charge is 2.42. The van der Waals surface area contributed by atoms with Crippen molar-refractivity contribution in [2.45, 2.75) is 97.4 Å². The van der Waals surface area contributed by atoms with E-state index in [1.807, 2.05) is 20.8 Å². The van der Waals surface area contributed by atoms with Crippen LogP contribution in [0.25, 0.3) is 0 Å². The molecular formula is C31H45N3O6. The average molecular weight is 556 g/mol. The lowest BCUT2D eigenvalue weighted by Gasteiger charge is -2.43. The molecule has 2 unspecified atom stereocenters. The molecule has 0 aliphatic heterocycles. The van der Waals surface area contributed by atoms with Crippen LogP contribution in [-0.2, 0) is 20.7 Å². The number of hydrogen-bond acceptors (Lipinski definition) is 6. The Balaban J connectivity index is 2.55. The molecule has 0 aromatic heterocycles. The minimum Gasteiger partial charge on any atom is -0.508 e. The lowest BCUT2D eigenvalue weighted by atomic mass is 9.94. The van der Waals surface area contributed by atoms with Crippen molar-refractivity contribution in [1.82, 2.24) is 15.5 Å². The molecule has 0 aliphatic carbocycles. The predicted octanol–water partition coefficient (Wildman–Crippen LogP) is 5.21. The Morgan fingerprint density at radius 2 is 1.43 bits per heavy atom. The van der Waals surface area contributed by atoms with Crippen LogP contribution in [0.5, 0.6) is 11.5 Å². The first-order chi connectivity index (χ1) is 18.6. The van der Waals surface area contributed by atoms with E-state index in [1.54, 1.807) is 45.0 Å². The smallest absolute Gasteiger partial charge is 0.408 e. The molecule has 9 heteroatoms. The summed E-state index contributed by atoms with van der Waals surface area (Å²) in [4.78, 5) is 42.4. The third-order valence-corrected chi connectivity index (χ3v) is 6.12. The molecule has 0 bridgehead atoms. The van der Waals surface area contributed by atoms with E-state index >= 15 is 0 Å². The van der Waals surface area contributed by atoms with Gasteiger partial charge in [0.2, 0.25) is 11.8 Å². The van der Waals surface area contributed by atoms with Gasteiger partial charge in [-0.05, 0) is 83.4 Å². The van der Waals surface area contributed by atoms with Gasteiger partial charge in [0.25, 0.3) is 0 Å². The summed E-state index contributed by atoms with van der Waals surface area (Å²) in [6.45, 7) is 13.2. The molecule has 0 aliphatic rings. The fraction of sp³-hybridized carbons (Fsp3) is 0.516. The van der Waals surface area contributed by atoms with E-state index < -0.39 is 35.2 Å². The second-order valence-corrected chi connectivity index (χ2v) is 11.9. The molecule has 0 saturated heterocycles. The normalized spacial score (nSPS) is 13.2. The summed E-state index contributed by atoms with van der Waals surface area (Å²) in [5.74, 6) is -0.717. The summed E-state index contributed by atoms with van der Waals surface area (Å²) in [6, 6.07) is 10.4. The van der Waals surface area contributed by atoms with Crippen molar-refractivity contribution in [3.8, 4) is 11.5 Å². The van der Waals surface area contributed by atoms with Gasteiger partial charge in [-0.2, -0.15) is 0 Å². The molecule has 0 fully saturated rings. The number of alkyl carbamates (subject to hydrolysis) is 1. The summed E-state index contributed by atoms with van der Waals surface area (Å²) >= 11 is 0. The van der Waals surface area contributed by atoms with Gasteiger partial charge in [-0.25, -0.2) is 4.79 Å². The quantitative estimate of drug-likeness (QED) is 0.282. The van der Waals surface area contributed by atoms with Gasteiger partial charge in [-0.15, -0.1) is 0 Å². The second-order valence-electron chi connectivity index (χ2n) is 11.9. The van der Waals surface area contributed by atoms with Crippen molar-refractivity contribution < 1.29 is 29.3 Å². The summed E-state index contributed by atoms with van der Waals surface area (Å²) in [7, 11) is 0. The minimum absolute atomic E-state index is 0.0382. The van der Waals surface area contributed by atoms with E-state index in [4.69, 9.17) is 4.74 Å². The molecule has 0 radical (unpaired) electrons. The lowest BCUT2D eigenvalue weighted by molar-refractivity contribution is -0.148. The van der Waals surface area contributed by atoms with E-state index in [-0.39, 0.29) is 23.8 Å². The number of carbonyl (C=O) groups excluding carboxylic acids is 3. The van der Waals surface area contributed by atoms with Crippen molar-refractivity contribution >= 4 is 17.9 Å². The number of aromatic hydroxyl groups is 2. The Bertz CT molecular complexity index is 1120. The Hall–Kier alpha value is -3.75. The number of amides is 3. The number of carbonyl (C=O) groups is 3. The van der Waals surface area contributed by atoms with Gasteiger partial charge in [0, 0.05) is 18.5 Å². The van der Waals surface area contributed by atoms with Gasteiger partial charge >= 0.3 is 6.09 Å². The van der Waals surface area contributed by atoms with Crippen molar-refractivity contribution in [1.29, 1.82) is 0 Å². The maximum atomic E-state index is 14.4. The van der Waals surface area contributed by atoms with Crippen molar-refractivity contribution in [3.05, 3.63) is 59.7 Å². The molecule has 2 aromatic carbocycles. The Labute approximate surface area is 237 Å². The van der Waals surface area contributed by atoms with Crippen LogP contribution in [0.2, 0.25) is 0 Å². The molecule has 2 aromatic rings. The second kappa shape index (κ2) is 14.1. The third-order valence-electron chi connectivity index (χ3n) is 6.12. The lowest BCUT2D eigenvalue weighted by Crippen LogP contribution is -2.59. The number of phenolic OH excluding ortho intramolecular Hbond substituents is 2. The first-order valence-electron chi connectivity index (χ1n) is 13.8. The van der Waals surface area contributed by atoms with Crippen molar-refractivity contribution in [2.24, 2.45) is 0 Å².